The average Bonchev–Trinajstić information content (AvgIpc) is 3.88. The van der Waals surface area contributed by atoms with E-state index < -0.39 is 11.8 Å². The number of likely N-dealkylation sites (N-methyl/N-ethyl adjacent to an activating group) is 1. The third-order valence-corrected chi connectivity index (χ3v) is 9.32. The molecule has 3 aromatic heterocycles. The SMILES string of the molecule is CN(C)CCNC(=O)c1cc(NC(=O)c2cc(NC(=O)c3cc(NC=O)cn3C)cn2CCCNC(=O)CCCCNCCCNCCCCNCCCN)cn1C. The van der Waals surface area contributed by atoms with Crippen molar-refractivity contribution in [1.82, 2.24) is 45.2 Å². The molecule has 0 aliphatic rings. The molecule has 5 amide bonds. The molecule has 0 radical (unpaired) electrons. The molecular formula is C40H67N13O5. The number of hydrogen-bond donors (Lipinski definition) is 9. The standard InChI is InChI=1S/C40H67N13O5/c1-50(2)23-21-46-38(56)34-25-32(28-52(34)4)48-40(58)36-26-33(49-39(57)35-24-31(47-30-54)27-51(35)3)29-53(36)22-11-20-45-37(55)12-5-6-14-43-18-10-19-44-16-8-7-15-42-17-9-13-41/h24-30,42-44H,5-23,41H2,1-4H3,(H,45,55)(H,46,56)(H,47,54)(H,48,58)(H,49,57). The van der Waals surface area contributed by atoms with Crippen molar-refractivity contribution in [2.24, 2.45) is 19.8 Å². The van der Waals surface area contributed by atoms with Crippen LogP contribution in [0.15, 0.2) is 36.8 Å². The van der Waals surface area contributed by atoms with E-state index in [1.807, 2.05) is 19.0 Å². The minimum absolute atomic E-state index is 0.0196. The first kappa shape index (κ1) is 47.4. The number of aryl methyl sites for hydroxylation is 3. The smallest absolute Gasteiger partial charge is 0.272 e. The Morgan fingerprint density at radius 1 is 0.621 bits per heavy atom. The molecule has 0 atom stereocenters. The third kappa shape index (κ3) is 17.6. The molecule has 58 heavy (non-hydrogen) atoms. The van der Waals surface area contributed by atoms with Gasteiger partial charge in [-0.2, -0.15) is 0 Å². The first-order valence-electron chi connectivity index (χ1n) is 20.4. The lowest BCUT2D eigenvalue weighted by atomic mass is 10.2. The second-order valence-corrected chi connectivity index (χ2v) is 14.6. The van der Waals surface area contributed by atoms with Crippen molar-refractivity contribution in [2.45, 2.75) is 57.9 Å². The lowest BCUT2D eigenvalue weighted by Gasteiger charge is -2.10. The van der Waals surface area contributed by atoms with Crippen LogP contribution in [0.5, 0.6) is 0 Å². The van der Waals surface area contributed by atoms with Gasteiger partial charge >= 0.3 is 0 Å². The van der Waals surface area contributed by atoms with Gasteiger partial charge in [-0.15, -0.1) is 0 Å². The summed E-state index contributed by atoms with van der Waals surface area (Å²) in [5.74, 6) is -1.14. The van der Waals surface area contributed by atoms with E-state index in [0.717, 1.165) is 84.3 Å². The van der Waals surface area contributed by atoms with E-state index in [4.69, 9.17) is 5.73 Å². The van der Waals surface area contributed by atoms with Crippen molar-refractivity contribution >= 4 is 47.1 Å². The van der Waals surface area contributed by atoms with Crippen LogP contribution in [-0.2, 0) is 30.2 Å². The second-order valence-electron chi connectivity index (χ2n) is 14.6. The lowest BCUT2D eigenvalue weighted by Crippen LogP contribution is -2.32. The van der Waals surface area contributed by atoms with Crippen LogP contribution in [-0.4, -0.2) is 128 Å². The highest BCUT2D eigenvalue weighted by atomic mass is 16.2. The van der Waals surface area contributed by atoms with Gasteiger partial charge < -0.3 is 66.9 Å². The summed E-state index contributed by atoms with van der Waals surface area (Å²) in [4.78, 5) is 65.0. The zero-order valence-electron chi connectivity index (χ0n) is 34.9. The molecule has 0 aliphatic heterocycles. The number of amides is 5. The van der Waals surface area contributed by atoms with Crippen LogP contribution in [0.3, 0.4) is 0 Å². The van der Waals surface area contributed by atoms with Gasteiger partial charge in [0.15, 0.2) is 0 Å². The summed E-state index contributed by atoms with van der Waals surface area (Å²) in [5, 5.41) is 24.4. The maximum atomic E-state index is 13.7. The van der Waals surface area contributed by atoms with Crippen LogP contribution in [0.25, 0.3) is 0 Å². The summed E-state index contributed by atoms with van der Waals surface area (Å²) in [5.41, 5.74) is 7.77. The first-order chi connectivity index (χ1) is 28.0. The van der Waals surface area contributed by atoms with Gasteiger partial charge in [0.2, 0.25) is 12.3 Å². The van der Waals surface area contributed by atoms with Crippen LogP contribution in [0.4, 0.5) is 17.1 Å². The van der Waals surface area contributed by atoms with Gasteiger partial charge in [0.1, 0.15) is 17.1 Å². The monoisotopic (exact) mass is 810 g/mol. The highest BCUT2D eigenvalue weighted by molar-refractivity contribution is 6.07. The van der Waals surface area contributed by atoms with Gasteiger partial charge in [-0.1, -0.05) is 0 Å². The van der Waals surface area contributed by atoms with Crippen LogP contribution in [0.2, 0.25) is 0 Å². The van der Waals surface area contributed by atoms with E-state index in [9.17, 15) is 24.0 Å². The van der Waals surface area contributed by atoms with Crippen LogP contribution in [0, 0.1) is 0 Å². The minimum Gasteiger partial charge on any atom is -0.356 e. The fourth-order valence-electron chi connectivity index (χ4n) is 6.17. The van der Waals surface area contributed by atoms with Crippen LogP contribution >= 0.6 is 0 Å². The van der Waals surface area contributed by atoms with E-state index in [1.54, 1.807) is 64.6 Å². The molecule has 0 saturated carbocycles. The number of carbonyl (C=O) groups excluding carboxylic acids is 5. The van der Waals surface area contributed by atoms with E-state index >= 15 is 0 Å². The second kappa shape index (κ2) is 26.8. The number of nitrogens with one attached hydrogen (secondary N) is 8. The molecule has 18 nitrogen and oxygen atoms in total. The topological polar surface area (TPSA) is 226 Å². The summed E-state index contributed by atoms with van der Waals surface area (Å²) in [6, 6.07) is 4.73. The number of carbonyl (C=O) groups is 5. The summed E-state index contributed by atoms with van der Waals surface area (Å²) in [7, 11) is 7.26. The van der Waals surface area contributed by atoms with Gasteiger partial charge in [-0.3, -0.25) is 24.0 Å². The van der Waals surface area contributed by atoms with Gasteiger partial charge in [0.05, 0.1) is 17.1 Å². The van der Waals surface area contributed by atoms with Crippen molar-refractivity contribution in [3.63, 3.8) is 0 Å². The van der Waals surface area contributed by atoms with Crippen LogP contribution < -0.4 is 48.3 Å². The average molecular weight is 810 g/mol. The minimum atomic E-state index is -0.436. The number of nitrogens with zero attached hydrogens (tertiary/aromatic N) is 4. The maximum absolute atomic E-state index is 13.7. The molecule has 3 aromatic rings. The predicted molar refractivity (Wildman–Crippen MR) is 229 cm³/mol. The molecule has 0 aliphatic carbocycles. The molecule has 3 rings (SSSR count). The van der Waals surface area contributed by atoms with Crippen molar-refractivity contribution in [3.8, 4) is 0 Å². The van der Waals surface area contributed by atoms with Crippen molar-refractivity contribution in [3.05, 3.63) is 53.9 Å². The molecule has 0 unspecified atom stereocenters. The highest BCUT2D eigenvalue weighted by Crippen LogP contribution is 2.20. The van der Waals surface area contributed by atoms with E-state index in [-0.39, 0.29) is 17.5 Å². The maximum Gasteiger partial charge on any atom is 0.272 e. The molecule has 322 valence electrons. The van der Waals surface area contributed by atoms with Crippen molar-refractivity contribution in [2.75, 3.05) is 95.5 Å². The van der Waals surface area contributed by atoms with E-state index in [0.29, 0.717) is 73.9 Å². The Morgan fingerprint density at radius 2 is 1.16 bits per heavy atom. The number of anilines is 3. The molecule has 0 saturated heterocycles. The Balaban J connectivity index is 1.45. The summed E-state index contributed by atoms with van der Waals surface area (Å²) in [6.45, 7) is 8.56. The number of nitrogens with two attached hydrogens (primary N) is 1. The van der Waals surface area contributed by atoms with E-state index in [2.05, 4.69) is 42.5 Å². The molecular weight excluding hydrogens is 743 g/mol. The summed E-state index contributed by atoms with van der Waals surface area (Å²) >= 11 is 0. The van der Waals surface area contributed by atoms with Crippen molar-refractivity contribution < 1.29 is 24.0 Å². The molecule has 0 spiro atoms. The number of hydrogen-bond acceptors (Lipinski definition) is 10. The Hall–Kier alpha value is -5.01. The highest BCUT2D eigenvalue weighted by Gasteiger charge is 2.20. The lowest BCUT2D eigenvalue weighted by molar-refractivity contribution is -0.121. The zero-order valence-corrected chi connectivity index (χ0v) is 34.9. The van der Waals surface area contributed by atoms with Crippen molar-refractivity contribution in [1.29, 1.82) is 0 Å². The first-order valence-corrected chi connectivity index (χ1v) is 20.4. The molecule has 0 bridgehead atoms. The Labute approximate surface area is 342 Å². The normalized spacial score (nSPS) is 11.1. The van der Waals surface area contributed by atoms with Gasteiger partial charge in [-0.25, -0.2) is 0 Å². The Morgan fingerprint density at radius 3 is 1.79 bits per heavy atom. The number of aromatic nitrogens is 3. The predicted octanol–water partition coefficient (Wildman–Crippen LogP) is 1.49. The fourth-order valence-corrected chi connectivity index (χ4v) is 6.17. The van der Waals surface area contributed by atoms with E-state index in [1.165, 1.54) is 0 Å². The molecule has 3 heterocycles. The molecule has 0 fully saturated rings. The number of unbranched alkanes of at least 4 members (excludes halogenated alkanes) is 2. The zero-order chi connectivity index (χ0) is 42.1. The largest absolute Gasteiger partial charge is 0.356 e. The van der Waals surface area contributed by atoms with Gasteiger partial charge in [0, 0.05) is 65.3 Å². The summed E-state index contributed by atoms with van der Waals surface area (Å²) < 4.78 is 4.96. The number of rotatable bonds is 31. The van der Waals surface area contributed by atoms with Crippen LogP contribution in [0.1, 0.15) is 82.8 Å². The quantitative estimate of drug-likeness (QED) is 0.0336. The fraction of sp³-hybridized carbons (Fsp3) is 0.575. The molecule has 10 N–H and O–H groups in total. The third-order valence-electron chi connectivity index (χ3n) is 9.32. The summed E-state index contributed by atoms with van der Waals surface area (Å²) in [6.07, 6.45) is 12.6. The van der Waals surface area contributed by atoms with Gasteiger partial charge in [0.25, 0.3) is 17.7 Å². The molecule has 18 heteroatoms. The molecule has 0 aromatic carbocycles. The van der Waals surface area contributed by atoms with Gasteiger partial charge in [-0.05, 0) is 123 Å². The Kier molecular flexibility index (Phi) is 21.9. The Bertz CT molecular complexity index is 1710.